The van der Waals surface area contributed by atoms with Gasteiger partial charge in [0.05, 0.1) is 5.69 Å². The highest BCUT2D eigenvalue weighted by atomic mass is 32.2. The third-order valence-electron chi connectivity index (χ3n) is 2.79. The minimum atomic E-state index is -3.72. The maximum atomic E-state index is 12.9. The van der Waals surface area contributed by atoms with Gasteiger partial charge in [0.2, 0.25) is 0 Å². The van der Waals surface area contributed by atoms with Crippen LogP contribution in [0.15, 0.2) is 34.5 Å². The SMILES string of the molecule is CCc1cccc(C)c1NS(=O)(=O)c1ccc(F)s1. The molecule has 0 fully saturated rings. The summed E-state index contributed by atoms with van der Waals surface area (Å²) in [4.78, 5) is 0. The van der Waals surface area contributed by atoms with E-state index < -0.39 is 15.2 Å². The summed E-state index contributed by atoms with van der Waals surface area (Å²) in [7, 11) is -3.72. The molecule has 0 saturated heterocycles. The number of rotatable bonds is 4. The van der Waals surface area contributed by atoms with Crippen LogP contribution in [0, 0.1) is 12.1 Å². The molecule has 0 amide bonds. The number of halogens is 1. The van der Waals surface area contributed by atoms with Gasteiger partial charge in [-0.3, -0.25) is 4.72 Å². The number of nitrogens with one attached hydrogen (secondary N) is 1. The molecule has 19 heavy (non-hydrogen) atoms. The molecular formula is C13H14FNO2S2. The fourth-order valence-corrected chi connectivity index (χ4v) is 3.97. The van der Waals surface area contributed by atoms with Gasteiger partial charge in [-0.25, -0.2) is 8.42 Å². The summed E-state index contributed by atoms with van der Waals surface area (Å²) in [6.45, 7) is 3.80. The average molecular weight is 299 g/mol. The molecule has 0 aliphatic carbocycles. The third kappa shape index (κ3) is 2.96. The van der Waals surface area contributed by atoms with E-state index in [9.17, 15) is 12.8 Å². The van der Waals surface area contributed by atoms with E-state index in [2.05, 4.69) is 4.72 Å². The molecule has 102 valence electrons. The Morgan fingerprint density at radius 1 is 1.26 bits per heavy atom. The Bertz CT molecular complexity index is 692. The van der Waals surface area contributed by atoms with E-state index in [-0.39, 0.29) is 4.21 Å². The Kier molecular flexibility index (Phi) is 3.91. The van der Waals surface area contributed by atoms with Crippen molar-refractivity contribution in [1.29, 1.82) is 0 Å². The molecule has 1 aromatic carbocycles. The van der Waals surface area contributed by atoms with Crippen LogP contribution in [0.1, 0.15) is 18.1 Å². The molecule has 0 unspecified atom stereocenters. The summed E-state index contributed by atoms with van der Waals surface area (Å²) in [5.74, 6) is 0. The molecule has 1 N–H and O–H groups in total. The van der Waals surface area contributed by atoms with Gasteiger partial charge in [0.15, 0.2) is 5.13 Å². The lowest BCUT2D eigenvalue weighted by molar-refractivity contribution is 0.603. The Hall–Kier alpha value is -1.40. The van der Waals surface area contributed by atoms with Crippen molar-refractivity contribution in [2.45, 2.75) is 24.5 Å². The van der Waals surface area contributed by atoms with E-state index in [1.807, 2.05) is 32.0 Å². The van der Waals surface area contributed by atoms with Gasteiger partial charge in [0, 0.05) is 0 Å². The number of hydrogen-bond donors (Lipinski definition) is 1. The van der Waals surface area contributed by atoms with Gasteiger partial charge in [-0.15, -0.1) is 0 Å². The number of anilines is 1. The molecule has 3 nitrogen and oxygen atoms in total. The van der Waals surface area contributed by atoms with Crippen LogP contribution >= 0.6 is 11.3 Å². The molecule has 0 atom stereocenters. The van der Waals surface area contributed by atoms with Gasteiger partial charge in [-0.2, -0.15) is 4.39 Å². The summed E-state index contributed by atoms with van der Waals surface area (Å²) < 4.78 is 39.8. The Morgan fingerprint density at radius 2 is 2.00 bits per heavy atom. The lowest BCUT2D eigenvalue weighted by atomic mass is 10.1. The van der Waals surface area contributed by atoms with Crippen LogP contribution in [-0.2, 0) is 16.4 Å². The number of hydrogen-bond acceptors (Lipinski definition) is 3. The predicted molar refractivity (Wildman–Crippen MR) is 75.6 cm³/mol. The molecule has 0 aliphatic rings. The molecule has 2 rings (SSSR count). The quantitative estimate of drug-likeness (QED) is 0.938. The fraction of sp³-hybridized carbons (Fsp3) is 0.231. The first-order valence-electron chi connectivity index (χ1n) is 5.80. The molecule has 0 radical (unpaired) electrons. The first-order chi connectivity index (χ1) is 8.94. The zero-order valence-electron chi connectivity index (χ0n) is 10.6. The molecule has 0 spiro atoms. The van der Waals surface area contributed by atoms with Crippen molar-refractivity contribution in [3.05, 3.63) is 46.6 Å². The lowest BCUT2D eigenvalue weighted by Gasteiger charge is -2.13. The molecule has 0 saturated carbocycles. The zero-order valence-corrected chi connectivity index (χ0v) is 12.2. The second-order valence-electron chi connectivity index (χ2n) is 4.13. The highest BCUT2D eigenvalue weighted by molar-refractivity contribution is 7.94. The van der Waals surface area contributed by atoms with Crippen LogP contribution in [0.4, 0.5) is 10.1 Å². The third-order valence-corrected chi connectivity index (χ3v) is 5.51. The molecule has 0 bridgehead atoms. The van der Waals surface area contributed by atoms with Gasteiger partial charge in [0.1, 0.15) is 4.21 Å². The number of para-hydroxylation sites is 1. The molecular weight excluding hydrogens is 285 g/mol. The molecule has 2 aromatic rings. The van der Waals surface area contributed by atoms with E-state index in [4.69, 9.17) is 0 Å². The summed E-state index contributed by atoms with van der Waals surface area (Å²) in [5.41, 5.74) is 2.35. The average Bonchev–Trinajstić information content (AvgIpc) is 2.79. The summed E-state index contributed by atoms with van der Waals surface area (Å²) >= 11 is 0.616. The Morgan fingerprint density at radius 3 is 2.58 bits per heavy atom. The van der Waals surface area contributed by atoms with Crippen LogP contribution in [-0.4, -0.2) is 8.42 Å². The minimum Gasteiger partial charge on any atom is -0.278 e. The molecule has 6 heteroatoms. The Balaban J connectivity index is 2.41. The predicted octanol–water partition coefficient (Wildman–Crippen LogP) is 3.56. The van der Waals surface area contributed by atoms with Crippen LogP contribution in [0.3, 0.4) is 0 Å². The Labute approximate surface area is 116 Å². The van der Waals surface area contributed by atoms with Gasteiger partial charge in [-0.1, -0.05) is 36.5 Å². The topological polar surface area (TPSA) is 46.2 Å². The maximum Gasteiger partial charge on any atom is 0.271 e. The largest absolute Gasteiger partial charge is 0.278 e. The zero-order chi connectivity index (χ0) is 14.0. The monoisotopic (exact) mass is 299 g/mol. The number of aryl methyl sites for hydroxylation is 2. The smallest absolute Gasteiger partial charge is 0.271 e. The van der Waals surface area contributed by atoms with Crippen molar-refractivity contribution in [3.8, 4) is 0 Å². The van der Waals surface area contributed by atoms with Crippen molar-refractivity contribution in [2.24, 2.45) is 0 Å². The van der Waals surface area contributed by atoms with Gasteiger partial charge < -0.3 is 0 Å². The molecule has 0 aliphatic heterocycles. The van der Waals surface area contributed by atoms with Crippen molar-refractivity contribution >= 4 is 27.0 Å². The normalized spacial score (nSPS) is 11.5. The highest BCUT2D eigenvalue weighted by Crippen LogP contribution is 2.27. The fourth-order valence-electron chi connectivity index (χ4n) is 1.80. The van der Waals surface area contributed by atoms with Crippen LogP contribution in [0.5, 0.6) is 0 Å². The second kappa shape index (κ2) is 5.30. The summed E-state index contributed by atoms with van der Waals surface area (Å²) in [5, 5.41) is -0.513. The van der Waals surface area contributed by atoms with E-state index in [0.717, 1.165) is 23.6 Å². The standard InChI is InChI=1S/C13H14FNO2S2/c1-3-10-6-4-5-9(2)13(10)15-19(16,17)12-8-7-11(14)18-12/h4-8,15H,3H2,1-2H3. The number of benzene rings is 1. The van der Waals surface area contributed by atoms with E-state index in [1.165, 1.54) is 6.07 Å². The summed E-state index contributed by atoms with van der Waals surface area (Å²) in [6.07, 6.45) is 0.721. The number of sulfonamides is 1. The van der Waals surface area contributed by atoms with Crippen LogP contribution in [0.25, 0.3) is 0 Å². The van der Waals surface area contributed by atoms with Crippen molar-refractivity contribution in [2.75, 3.05) is 4.72 Å². The first kappa shape index (κ1) is 14.0. The summed E-state index contributed by atoms with van der Waals surface area (Å²) in [6, 6.07) is 8.02. The van der Waals surface area contributed by atoms with E-state index >= 15 is 0 Å². The van der Waals surface area contributed by atoms with Crippen LogP contribution in [0.2, 0.25) is 0 Å². The van der Waals surface area contributed by atoms with Crippen molar-refractivity contribution < 1.29 is 12.8 Å². The highest BCUT2D eigenvalue weighted by Gasteiger charge is 2.19. The first-order valence-corrected chi connectivity index (χ1v) is 8.10. The van der Waals surface area contributed by atoms with Crippen molar-refractivity contribution in [1.82, 2.24) is 0 Å². The van der Waals surface area contributed by atoms with E-state index in [1.54, 1.807) is 0 Å². The number of thiophene rings is 1. The molecule has 1 heterocycles. The lowest BCUT2D eigenvalue weighted by Crippen LogP contribution is -2.13. The van der Waals surface area contributed by atoms with E-state index in [0.29, 0.717) is 17.0 Å². The second-order valence-corrected chi connectivity index (χ2v) is 7.07. The maximum absolute atomic E-state index is 12.9. The van der Waals surface area contributed by atoms with Gasteiger partial charge in [-0.05, 0) is 36.6 Å². The van der Waals surface area contributed by atoms with Crippen molar-refractivity contribution in [3.63, 3.8) is 0 Å². The van der Waals surface area contributed by atoms with Gasteiger partial charge in [0.25, 0.3) is 10.0 Å². The van der Waals surface area contributed by atoms with Crippen LogP contribution < -0.4 is 4.72 Å². The minimum absolute atomic E-state index is 0.0182. The van der Waals surface area contributed by atoms with Gasteiger partial charge >= 0.3 is 0 Å². The molecule has 1 aromatic heterocycles.